The Kier molecular flexibility index (Phi) is 3.77. The van der Waals surface area contributed by atoms with E-state index in [4.69, 9.17) is 10.8 Å². The zero-order chi connectivity index (χ0) is 6.57. The van der Waals surface area contributed by atoms with Gasteiger partial charge in [-0.25, -0.2) is 0 Å². The summed E-state index contributed by atoms with van der Waals surface area (Å²) >= 11 is 0. The van der Waals surface area contributed by atoms with Gasteiger partial charge in [0.05, 0.1) is 6.61 Å². The van der Waals surface area contributed by atoms with E-state index in [-0.39, 0.29) is 12.6 Å². The van der Waals surface area contributed by atoms with Crippen molar-refractivity contribution in [1.29, 1.82) is 0 Å². The van der Waals surface area contributed by atoms with Gasteiger partial charge in [0.2, 0.25) is 0 Å². The Morgan fingerprint density at radius 2 is 2.25 bits per heavy atom. The van der Waals surface area contributed by atoms with Crippen molar-refractivity contribution in [2.45, 2.75) is 13.0 Å². The minimum Gasteiger partial charge on any atom is -0.395 e. The van der Waals surface area contributed by atoms with Crippen molar-refractivity contribution in [2.75, 3.05) is 20.3 Å². The molecular weight excluding hydrogens is 104 g/mol. The Hall–Kier alpha value is -0.120. The van der Waals surface area contributed by atoms with Crippen LogP contribution in [0.15, 0.2) is 0 Å². The third-order valence-electron chi connectivity index (χ3n) is 1.30. The molecule has 0 heterocycles. The molecule has 0 bridgehead atoms. The summed E-state index contributed by atoms with van der Waals surface area (Å²) in [4.78, 5) is 1.88. The van der Waals surface area contributed by atoms with Crippen LogP contribution in [0.2, 0.25) is 0 Å². The van der Waals surface area contributed by atoms with E-state index < -0.39 is 0 Å². The van der Waals surface area contributed by atoms with E-state index in [9.17, 15) is 0 Å². The van der Waals surface area contributed by atoms with Crippen LogP contribution in [0.5, 0.6) is 0 Å². The van der Waals surface area contributed by atoms with Crippen molar-refractivity contribution >= 4 is 0 Å². The Morgan fingerprint density at radius 1 is 1.75 bits per heavy atom. The van der Waals surface area contributed by atoms with Gasteiger partial charge in [0.1, 0.15) is 0 Å². The monoisotopic (exact) mass is 118 g/mol. The van der Waals surface area contributed by atoms with Crippen LogP contribution < -0.4 is 5.73 Å². The minimum absolute atomic E-state index is 0.174. The molecule has 3 heteroatoms. The number of likely N-dealkylation sites (N-methyl/N-ethyl adjacent to an activating group) is 1. The summed E-state index contributed by atoms with van der Waals surface area (Å²) in [7, 11) is 1.88. The third kappa shape index (κ3) is 2.26. The molecule has 50 valence electrons. The quantitative estimate of drug-likeness (QED) is 0.478. The first-order chi connectivity index (χ1) is 3.72. The Balaban J connectivity index is 3.29. The zero-order valence-electron chi connectivity index (χ0n) is 5.46. The van der Waals surface area contributed by atoms with Crippen molar-refractivity contribution in [1.82, 2.24) is 4.90 Å². The van der Waals surface area contributed by atoms with Crippen LogP contribution in [-0.2, 0) is 0 Å². The van der Waals surface area contributed by atoms with Crippen molar-refractivity contribution in [2.24, 2.45) is 5.73 Å². The number of aliphatic hydroxyl groups excluding tert-OH is 1. The second kappa shape index (κ2) is 3.83. The lowest BCUT2D eigenvalue weighted by molar-refractivity contribution is 0.162. The molecule has 0 aliphatic carbocycles. The van der Waals surface area contributed by atoms with E-state index >= 15 is 0 Å². The molecule has 0 saturated heterocycles. The van der Waals surface area contributed by atoms with Gasteiger partial charge < -0.3 is 10.8 Å². The molecule has 3 N–H and O–H groups in total. The SMILES string of the molecule is CC(CO)N(C)CN. The summed E-state index contributed by atoms with van der Waals surface area (Å²) in [6.45, 7) is 2.60. The summed E-state index contributed by atoms with van der Waals surface area (Å²) in [5, 5.41) is 8.54. The molecule has 0 radical (unpaired) electrons. The first kappa shape index (κ1) is 7.88. The van der Waals surface area contributed by atoms with Crippen LogP contribution in [0.25, 0.3) is 0 Å². The molecule has 1 atom stereocenters. The van der Waals surface area contributed by atoms with Gasteiger partial charge in [0, 0.05) is 12.7 Å². The minimum atomic E-state index is 0.174. The molecule has 0 aliphatic rings. The maximum atomic E-state index is 8.54. The average Bonchev–Trinajstić information content (AvgIpc) is 1.84. The standard InChI is InChI=1S/C5H14N2O/c1-5(3-8)7(2)4-6/h5,8H,3-4,6H2,1-2H3. The molecule has 8 heavy (non-hydrogen) atoms. The summed E-state index contributed by atoms with van der Waals surface area (Å²) < 4.78 is 0. The Labute approximate surface area is 50.1 Å². The van der Waals surface area contributed by atoms with Crippen molar-refractivity contribution in [3.63, 3.8) is 0 Å². The summed E-state index contributed by atoms with van der Waals surface area (Å²) in [6, 6.07) is 0.181. The molecule has 3 nitrogen and oxygen atoms in total. The first-order valence-corrected chi connectivity index (χ1v) is 2.73. The van der Waals surface area contributed by atoms with Crippen LogP contribution in [0.1, 0.15) is 6.92 Å². The fraction of sp³-hybridized carbons (Fsp3) is 1.00. The highest BCUT2D eigenvalue weighted by atomic mass is 16.3. The van der Waals surface area contributed by atoms with Crippen molar-refractivity contribution < 1.29 is 5.11 Å². The molecule has 0 spiro atoms. The molecular formula is C5H14N2O. The van der Waals surface area contributed by atoms with Gasteiger partial charge in [0.25, 0.3) is 0 Å². The maximum Gasteiger partial charge on any atom is 0.0584 e. The van der Waals surface area contributed by atoms with E-state index in [1.54, 1.807) is 0 Å². The van der Waals surface area contributed by atoms with Gasteiger partial charge in [-0.15, -0.1) is 0 Å². The number of nitrogens with zero attached hydrogens (tertiary/aromatic N) is 1. The molecule has 0 aliphatic heterocycles. The Morgan fingerprint density at radius 3 is 2.38 bits per heavy atom. The summed E-state index contributed by atoms with van der Waals surface area (Å²) in [5.41, 5.74) is 5.26. The third-order valence-corrected chi connectivity index (χ3v) is 1.30. The number of nitrogens with two attached hydrogens (primary N) is 1. The van der Waals surface area contributed by atoms with Gasteiger partial charge in [-0.2, -0.15) is 0 Å². The van der Waals surface area contributed by atoms with E-state index in [0.29, 0.717) is 6.67 Å². The Bertz CT molecular complexity index is 50.4. The van der Waals surface area contributed by atoms with E-state index in [0.717, 1.165) is 0 Å². The highest BCUT2D eigenvalue weighted by molar-refractivity contribution is 4.56. The van der Waals surface area contributed by atoms with Gasteiger partial charge in [-0.05, 0) is 14.0 Å². The van der Waals surface area contributed by atoms with Gasteiger partial charge in [0.15, 0.2) is 0 Å². The van der Waals surface area contributed by atoms with Crippen LogP contribution in [-0.4, -0.2) is 36.4 Å². The molecule has 0 amide bonds. The predicted octanol–water partition coefficient (Wildman–Crippen LogP) is -0.785. The molecule has 0 saturated carbocycles. The highest BCUT2D eigenvalue weighted by Crippen LogP contribution is 1.88. The fourth-order valence-corrected chi connectivity index (χ4v) is 0.319. The first-order valence-electron chi connectivity index (χ1n) is 2.73. The van der Waals surface area contributed by atoms with Crippen LogP contribution in [0, 0.1) is 0 Å². The second-order valence-electron chi connectivity index (χ2n) is 1.97. The normalized spacial score (nSPS) is 14.6. The molecule has 0 aromatic carbocycles. The van der Waals surface area contributed by atoms with Gasteiger partial charge >= 0.3 is 0 Å². The molecule has 1 unspecified atom stereocenters. The van der Waals surface area contributed by atoms with Crippen molar-refractivity contribution in [3.05, 3.63) is 0 Å². The highest BCUT2D eigenvalue weighted by Gasteiger charge is 2.02. The van der Waals surface area contributed by atoms with Gasteiger partial charge in [-0.3, -0.25) is 4.90 Å². The van der Waals surface area contributed by atoms with Crippen molar-refractivity contribution in [3.8, 4) is 0 Å². The number of aliphatic hydroxyl groups is 1. The van der Waals surface area contributed by atoms with Gasteiger partial charge in [-0.1, -0.05) is 0 Å². The smallest absolute Gasteiger partial charge is 0.0584 e. The molecule has 0 fully saturated rings. The lowest BCUT2D eigenvalue weighted by atomic mass is 10.3. The predicted molar refractivity (Wildman–Crippen MR) is 33.4 cm³/mol. The molecule has 0 rings (SSSR count). The summed E-state index contributed by atoms with van der Waals surface area (Å²) in [5.74, 6) is 0. The van der Waals surface area contributed by atoms with E-state index in [1.807, 2.05) is 18.9 Å². The second-order valence-corrected chi connectivity index (χ2v) is 1.97. The summed E-state index contributed by atoms with van der Waals surface area (Å²) in [6.07, 6.45) is 0. The number of hydrogen-bond acceptors (Lipinski definition) is 3. The van der Waals surface area contributed by atoms with Crippen LogP contribution >= 0.6 is 0 Å². The maximum absolute atomic E-state index is 8.54. The zero-order valence-corrected chi connectivity index (χ0v) is 5.46. The number of rotatable bonds is 3. The molecule has 0 aromatic heterocycles. The lowest BCUT2D eigenvalue weighted by Crippen LogP contribution is -2.36. The molecule has 0 aromatic rings. The van der Waals surface area contributed by atoms with E-state index in [1.165, 1.54) is 0 Å². The lowest BCUT2D eigenvalue weighted by Gasteiger charge is -2.19. The largest absolute Gasteiger partial charge is 0.395 e. The topological polar surface area (TPSA) is 49.5 Å². The number of hydrogen-bond donors (Lipinski definition) is 2. The van der Waals surface area contributed by atoms with Crippen LogP contribution in [0.3, 0.4) is 0 Å². The van der Waals surface area contributed by atoms with E-state index in [2.05, 4.69) is 0 Å². The fourth-order valence-electron chi connectivity index (χ4n) is 0.319. The average molecular weight is 118 g/mol. The van der Waals surface area contributed by atoms with Crippen LogP contribution in [0.4, 0.5) is 0 Å².